The highest BCUT2D eigenvalue weighted by Gasteiger charge is 2.53. The lowest BCUT2D eigenvalue weighted by Gasteiger charge is -2.33. The zero-order chi connectivity index (χ0) is 17.2. The minimum atomic E-state index is 0.294. The Hall–Kier alpha value is -1.34. The molecule has 0 amide bonds. The summed E-state index contributed by atoms with van der Waals surface area (Å²) >= 11 is 0. The van der Waals surface area contributed by atoms with Crippen molar-refractivity contribution in [3.8, 4) is 0 Å². The molecule has 1 aromatic carbocycles. The maximum atomic E-state index is 6.51. The molecule has 1 fully saturated rings. The van der Waals surface area contributed by atoms with Gasteiger partial charge in [0.1, 0.15) is 0 Å². The molecule has 0 aromatic heterocycles. The summed E-state index contributed by atoms with van der Waals surface area (Å²) in [6.07, 6.45) is 16.2. The molecule has 1 aliphatic carbocycles. The molecule has 0 spiro atoms. The normalized spacial score (nSPS) is 29.2. The fraction of sp³-hybridized carbons (Fsp3) is 0.583. The first-order valence-electron chi connectivity index (χ1n) is 10.5. The molecule has 1 nitrogen and oxygen atoms in total. The Bertz CT molecular complexity index is 668. The van der Waals surface area contributed by atoms with Gasteiger partial charge in [-0.05, 0) is 36.8 Å². The van der Waals surface area contributed by atoms with E-state index in [1.54, 1.807) is 11.1 Å². The van der Waals surface area contributed by atoms with Crippen LogP contribution in [0.1, 0.15) is 88.5 Å². The van der Waals surface area contributed by atoms with Gasteiger partial charge in [-0.15, -0.1) is 0 Å². The molecule has 25 heavy (non-hydrogen) atoms. The number of fused-ring (bicyclic) bond motifs is 8. The van der Waals surface area contributed by atoms with Gasteiger partial charge < -0.3 is 4.74 Å². The second-order valence-corrected chi connectivity index (χ2v) is 8.08. The molecule has 2 aliphatic heterocycles. The van der Waals surface area contributed by atoms with E-state index in [9.17, 15) is 0 Å². The van der Waals surface area contributed by atoms with Crippen molar-refractivity contribution < 1.29 is 4.74 Å². The summed E-state index contributed by atoms with van der Waals surface area (Å²) in [5.74, 6) is 1.16. The van der Waals surface area contributed by atoms with Crippen molar-refractivity contribution >= 4 is 0 Å². The van der Waals surface area contributed by atoms with Crippen molar-refractivity contribution in [2.24, 2.45) is 11.8 Å². The SMILES string of the molecule is CCCCCC1=C[C@@H]2[C@H](C(CCCCC)=C1)[C@@H]1O[C@H]2c2ccccc21. The van der Waals surface area contributed by atoms with Crippen LogP contribution in [-0.4, -0.2) is 0 Å². The second kappa shape index (κ2) is 7.50. The largest absolute Gasteiger partial charge is 0.364 e. The molecule has 134 valence electrons. The van der Waals surface area contributed by atoms with Crippen molar-refractivity contribution in [1.82, 2.24) is 0 Å². The third-order valence-electron chi connectivity index (χ3n) is 6.34. The van der Waals surface area contributed by atoms with Gasteiger partial charge in [-0.3, -0.25) is 0 Å². The van der Waals surface area contributed by atoms with E-state index in [1.165, 1.54) is 62.5 Å². The van der Waals surface area contributed by atoms with Crippen LogP contribution in [-0.2, 0) is 4.74 Å². The summed E-state index contributed by atoms with van der Waals surface area (Å²) in [5.41, 5.74) is 6.16. The number of allylic oxidation sites excluding steroid dienone is 2. The first-order valence-corrected chi connectivity index (χ1v) is 10.5. The highest BCUT2D eigenvalue weighted by molar-refractivity contribution is 5.46. The number of ether oxygens (including phenoxy) is 1. The minimum Gasteiger partial charge on any atom is -0.364 e. The maximum absolute atomic E-state index is 6.51. The van der Waals surface area contributed by atoms with Crippen LogP contribution in [0.15, 0.2) is 47.6 Å². The summed E-state index contributed by atoms with van der Waals surface area (Å²) in [6, 6.07) is 8.92. The Morgan fingerprint density at radius 1 is 0.840 bits per heavy atom. The Morgan fingerprint density at radius 2 is 1.52 bits per heavy atom. The van der Waals surface area contributed by atoms with Crippen LogP contribution in [0.25, 0.3) is 0 Å². The maximum Gasteiger partial charge on any atom is 0.0909 e. The van der Waals surface area contributed by atoms with Gasteiger partial charge in [0.05, 0.1) is 12.2 Å². The quantitative estimate of drug-likeness (QED) is 0.461. The van der Waals surface area contributed by atoms with Crippen LogP contribution in [0.5, 0.6) is 0 Å². The van der Waals surface area contributed by atoms with Crippen molar-refractivity contribution in [2.45, 2.75) is 77.4 Å². The van der Waals surface area contributed by atoms with Gasteiger partial charge in [-0.2, -0.15) is 0 Å². The molecule has 2 heterocycles. The van der Waals surface area contributed by atoms with E-state index >= 15 is 0 Å². The van der Waals surface area contributed by atoms with E-state index in [1.807, 2.05) is 0 Å². The van der Waals surface area contributed by atoms with Crippen LogP contribution in [0.2, 0.25) is 0 Å². The van der Waals surface area contributed by atoms with Crippen molar-refractivity contribution in [3.05, 3.63) is 58.7 Å². The predicted molar refractivity (Wildman–Crippen MR) is 104 cm³/mol. The summed E-state index contributed by atoms with van der Waals surface area (Å²) in [5, 5.41) is 0. The fourth-order valence-corrected chi connectivity index (χ4v) is 5.11. The van der Waals surface area contributed by atoms with E-state index in [0.29, 0.717) is 24.0 Å². The highest BCUT2D eigenvalue weighted by Crippen LogP contribution is 2.61. The fourth-order valence-electron chi connectivity index (χ4n) is 5.11. The van der Waals surface area contributed by atoms with Crippen molar-refractivity contribution in [3.63, 3.8) is 0 Å². The molecule has 0 saturated carbocycles. The number of benzene rings is 1. The van der Waals surface area contributed by atoms with Crippen LogP contribution >= 0.6 is 0 Å². The molecule has 2 bridgehead atoms. The molecule has 3 aliphatic rings. The van der Waals surface area contributed by atoms with Gasteiger partial charge in [0.2, 0.25) is 0 Å². The zero-order valence-electron chi connectivity index (χ0n) is 15.8. The third-order valence-corrected chi connectivity index (χ3v) is 6.34. The van der Waals surface area contributed by atoms with E-state index < -0.39 is 0 Å². The van der Waals surface area contributed by atoms with Gasteiger partial charge in [0, 0.05) is 11.8 Å². The van der Waals surface area contributed by atoms with E-state index in [4.69, 9.17) is 4.74 Å². The van der Waals surface area contributed by atoms with Gasteiger partial charge in [-0.25, -0.2) is 0 Å². The second-order valence-electron chi connectivity index (χ2n) is 8.08. The van der Waals surface area contributed by atoms with Gasteiger partial charge >= 0.3 is 0 Å². The van der Waals surface area contributed by atoms with Crippen LogP contribution < -0.4 is 0 Å². The molecule has 1 heteroatoms. The zero-order valence-corrected chi connectivity index (χ0v) is 15.8. The Labute approximate surface area is 153 Å². The van der Waals surface area contributed by atoms with E-state index in [2.05, 4.69) is 50.3 Å². The number of rotatable bonds is 8. The number of hydrogen-bond donors (Lipinski definition) is 0. The summed E-state index contributed by atoms with van der Waals surface area (Å²) in [6.45, 7) is 4.59. The Morgan fingerprint density at radius 3 is 2.24 bits per heavy atom. The molecule has 1 aromatic rings. The molecular formula is C24H32O. The lowest BCUT2D eigenvalue weighted by atomic mass is 9.68. The van der Waals surface area contributed by atoms with Gasteiger partial charge in [0.25, 0.3) is 0 Å². The average molecular weight is 337 g/mol. The van der Waals surface area contributed by atoms with Crippen molar-refractivity contribution in [1.29, 1.82) is 0 Å². The summed E-state index contributed by atoms with van der Waals surface area (Å²) in [7, 11) is 0. The van der Waals surface area contributed by atoms with Crippen LogP contribution in [0.4, 0.5) is 0 Å². The van der Waals surface area contributed by atoms with Gasteiger partial charge in [-0.1, -0.05) is 87.1 Å². The molecule has 1 saturated heterocycles. The monoisotopic (exact) mass is 336 g/mol. The predicted octanol–water partition coefficient (Wildman–Crippen LogP) is 7.07. The standard InChI is InChI=1S/C24H32O/c1-3-5-7-11-17-15-18(12-8-6-4-2)22-21(16-17)23-19-13-9-10-14-20(19)24(22)25-23/h9-10,13-16,21-24H,3-8,11-12H2,1-2H3/t21-,22+,23+,24-/m1/s1. The van der Waals surface area contributed by atoms with Crippen LogP contribution in [0, 0.1) is 11.8 Å². The molecule has 4 atom stereocenters. The summed E-state index contributed by atoms with van der Waals surface area (Å²) in [4.78, 5) is 0. The molecule has 0 N–H and O–H groups in total. The molecule has 4 rings (SSSR count). The highest BCUT2D eigenvalue weighted by atomic mass is 16.5. The number of unbranched alkanes of at least 4 members (excludes halogenated alkanes) is 4. The topological polar surface area (TPSA) is 9.23 Å². The molecule has 0 radical (unpaired) electrons. The summed E-state index contributed by atoms with van der Waals surface area (Å²) < 4.78 is 6.51. The van der Waals surface area contributed by atoms with Gasteiger partial charge in [0.15, 0.2) is 0 Å². The van der Waals surface area contributed by atoms with Crippen LogP contribution in [0.3, 0.4) is 0 Å². The molecule has 0 unspecified atom stereocenters. The first-order chi connectivity index (χ1) is 12.3. The first kappa shape index (κ1) is 17.1. The third kappa shape index (κ3) is 3.12. The van der Waals surface area contributed by atoms with E-state index in [0.717, 1.165) is 0 Å². The molecular weight excluding hydrogens is 304 g/mol. The Balaban J connectivity index is 1.60. The average Bonchev–Trinajstić information content (AvgIpc) is 3.20. The minimum absolute atomic E-state index is 0.294. The lowest BCUT2D eigenvalue weighted by molar-refractivity contribution is 0.0593. The lowest BCUT2D eigenvalue weighted by Crippen LogP contribution is -2.25. The van der Waals surface area contributed by atoms with Crippen molar-refractivity contribution in [2.75, 3.05) is 0 Å². The smallest absolute Gasteiger partial charge is 0.0909 e. The Kier molecular flexibility index (Phi) is 5.12. The number of hydrogen-bond acceptors (Lipinski definition) is 1. The van der Waals surface area contributed by atoms with E-state index in [-0.39, 0.29) is 0 Å².